The smallest absolute Gasteiger partial charge is 0.243 e. The molecule has 2 rings (SSSR count). The Morgan fingerprint density at radius 1 is 1.14 bits per heavy atom. The molecule has 0 aromatic heterocycles. The third-order valence-electron chi connectivity index (χ3n) is 3.63. The van der Waals surface area contributed by atoms with Crippen molar-refractivity contribution in [1.82, 2.24) is 9.62 Å². The summed E-state index contributed by atoms with van der Waals surface area (Å²) >= 11 is 0. The van der Waals surface area contributed by atoms with Crippen LogP contribution in [0.1, 0.15) is 6.42 Å². The number of halogens is 1. The molecule has 1 atom stereocenters. The Balaban J connectivity index is 0.00000242. The summed E-state index contributed by atoms with van der Waals surface area (Å²) in [6, 6.07) is 5.39. The lowest BCUT2D eigenvalue weighted by molar-refractivity contribution is 0.451. The largest absolute Gasteiger partial charge is 0.319 e. The minimum absolute atomic E-state index is 0. The number of rotatable bonds is 5. The number of sulfonamides is 1. The zero-order valence-corrected chi connectivity index (χ0v) is 15.0. The van der Waals surface area contributed by atoms with Crippen LogP contribution in [0.4, 0.5) is 0 Å². The highest BCUT2D eigenvalue weighted by Crippen LogP contribution is 2.24. The maximum absolute atomic E-state index is 12.5. The van der Waals surface area contributed by atoms with Crippen molar-refractivity contribution in [3.8, 4) is 0 Å². The van der Waals surface area contributed by atoms with E-state index in [1.165, 1.54) is 28.6 Å². The lowest BCUT2D eigenvalue weighted by Gasteiger charge is -2.16. The van der Waals surface area contributed by atoms with Gasteiger partial charge in [-0.25, -0.2) is 16.8 Å². The minimum atomic E-state index is -3.54. The Morgan fingerprint density at radius 3 is 2.18 bits per heavy atom. The quantitative estimate of drug-likeness (QED) is 0.828. The second-order valence-electron chi connectivity index (χ2n) is 5.32. The first kappa shape index (κ1) is 19.4. The van der Waals surface area contributed by atoms with Crippen molar-refractivity contribution in [2.45, 2.75) is 16.2 Å². The lowest BCUT2D eigenvalue weighted by atomic mass is 10.1. The maximum Gasteiger partial charge on any atom is 0.243 e. The van der Waals surface area contributed by atoms with Crippen molar-refractivity contribution in [1.29, 1.82) is 0 Å². The van der Waals surface area contributed by atoms with Crippen molar-refractivity contribution in [2.24, 2.45) is 5.92 Å². The number of hydrogen-bond acceptors (Lipinski definition) is 5. The van der Waals surface area contributed by atoms with Gasteiger partial charge in [-0.2, -0.15) is 4.31 Å². The molecule has 1 fully saturated rings. The van der Waals surface area contributed by atoms with Crippen LogP contribution in [0.15, 0.2) is 34.1 Å². The van der Waals surface area contributed by atoms with E-state index in [1.807, 2.05) is 7.05 Å². The molecule has 9 heteroatoms. The first-order valence-corrected chi connectivity index (χ1v) is 10.0. The molecule has 0 spiro atoms. The van der Waals surface area contributed by atoms with Crippen molar-refractivity contribution in [3.05, 3.63) is 24.3 Å². The topological polar surface area (TPSA) is 83.6 Å². The van der Waals surface area contributed by atoms with Gasteiger partial charge in [0, 0.05) is 19.3 Å². The average molecular weight is 369 g/mol. The van der Waals surface area contributed by atoms with Gasteiger partial charge in [0.2, 0.25) is 10.0 Å². The van der Waals surface area contributed by atoms with Crippen LogP contribution in [-0.2, 0) is 19.9 Å². The summed E-state index contributed by atoms with van der Waals surface area (Å²) in [5, 5.41) is 3.06. The van der Waals surface area contributed by atoms with Gasteiger partial charge in [0.05, 0.1) is 9.79 Å². The average Bonchev–Trinajstić information content (AvgIpc) is 2.88. The summed E-state index contributed by atoms with van der Waals surface area (Å²) in [6.45, 7) is 1.79. The van der Waals surface area contributed by atoms with Crippen molar-refractivity contribution >= 4 is 32.3 Å². The fourth-order valence-electron chi connectivity index (χ4n) is 2.48. The molecule has 22 heavy (non-hydrogen) atoms. The zero-order chi connectivity index (χ0) is 15.7. The highest BCUT2D eigenvalue weighted by Gasteiger charge is 2.32. The van der Waals surface area contributed by atoms with Gasteiger partial charge in [0.1, 0.15) is 0 Å². The van der Waals surface area contributed by atoms with Gasteiger partial charge in [0.25, 0.3) is 0 Å². The summed E-state index contributed by atoms with van der Waals surface area (Å²) in [6.07, 6.45) is 1.93. The van der Waals surface area contributed by atoms with Gasteiger partial charge in [-0.15, -0.1) is 12.4 Å². The second kappa shape index (κ2) is 7.27. The monoisotopic (exact) mass is 368 g/mol. The molecule has 1 unspecified atom stereocenters. The van der Waals surface area contributed by atoms with Crippen molar-refractivity contribution in [2.75, 3.05) is 32.9 Å². The van der Waals surface area contributed by atoms with E-state index in [0.717, 1.165) is 19.2 Å². The van der Waals surface area contributed by atoms with Crippen LogP contribution in [0.5, 0.6) is 0 Å². The second-order valence-corrected chi connectivity index (χ2v) is 9.27. The van der Waals surface area contributed by atoms with Gasteiger partial charge in [-0.3, -0.25) is 0 Å². The molecule has 1 heterocycles. The van der Waals surface area contributed by atoms with Gasteiger partial charge in [0.15, 0.2) is 9.84 Å². The summed E-state index contributed by atoms with van der Waals surface area (Å²) < 4.78 is 49.3. The molecule has 1 saturated heterocycles. The fraction of sp³-hybridized carbons (Fsp3) is 0.538. The van der Waals surface area contributed by atoms with Crippen LogP contribution in [0.3, 0.4) is 0 Å². The third kappa shape index (κ3) is 4.20. The molecule has 126 valence electrons. The van der Waals surface area contributed by atoms with Gasteiger partial charge in [-0.1, -0.05) is 0 Å². The molecule has 0 amide bonds. The van der Waals surface area contributed by atoms with E-state index in [-0.39, 0.29) is 22.2 Å². The standard InChI is InChI=1S/C13H20N2O4S2.ClH/c1-14-9-11-7-8-15(10-11)21(18,19)13-5-3-12(4-6-13)20(2,16)17;/h3-6,11,14H,7-10H2,1-2H3;1H. The molecule has 0 radical (unpaired) electrons. The van der Waals surface area contributed by atoms with Crippen LogP contribution in [0.25, 0.3) is 0 Å². The molecule has 0 aliphatic carbocycles. The van der Waals surface area contributed by atoms with E-state index in [1.54, 1.807) is 0 Å². The molecule has 0 saturated carbocycles. The van der Waals surface area contributed by atoms with E-state index < -0.39 is 19.9 Å². The summed E-state index contributed by atoms with van der Waals surface area (Å²) in [5.74, 6) is 0.320. The summed E-state index contributed by atoms with van der Waals surface area (Å²) in [4.78, 5) is 0.260. The highest BCUT2D eigenvalue weighted by molar-refractivity contribution is 7.90. The predicted molar refractivity (Wildman–Crippen MR) is 87.6 cm³/mol. The Labute approximate surface area is 138 Å². The van der Waals surface area contributed by atoms with Crippen LogP contribution in [0, 0.1) is 5.92 Å². The summed E-state index contributed by atoms with van der Waals surface area (Å²) in [5.41, 5.74) is 0. The molecule has 1 aliphatic heterocycles. The lowest BCUT2D eigenvalue weighted by Crippen LogP contribution is -2.30. The van der Waals surface area contributed by atoms with E-state index in [4.69, 9.17) is 0 Å². The van der Waals surface area contributed by atoms with Crippen LogP contribution in [-0.4, -0.2) is 54.1 Å². The van der Waals surface area contributed by atoms with E-state index in [0.29, 0.717) is 19.0 Å². The molecular weight excluding hydrogens is 348 g/mol. The molecule has 1 aromatic carbocycles. The maximum atomic E-state index is 12.5. The summed E-state index contributed by atoms with van der Waals surface area (Å²) in [7, 11) is -5.01. The molecule has 6 nitrogen and oxygen atoms in total. The highest BCUT2D eigenvalue weighted by atomic mass is 35.5. The first-order chi connectivity index (χ1) is 9.75. The normalized spacial score (nSPS) is 19.8. The minimum Gasteiger partial charge on any atom is -0.319 e. The Hall–Kier alpha value is -0.670. The third-order valence-corrected chi connectivity index (χ3v) is 6.64. The predicted octanol–water partition coefficient (Wildman–Crippen LogP) is 0.742. The van der Waals surface area contributed by atoms with Gasteiger partial charge >= 0.3 is 0 Å². The van der Waals surface area contributed by atoms with Crippen LogP contribution < -0.4 is 5.32 Å². The number of sulfone groups is 1. The van der Waals surface area contributed by atoms with Crippen molar-refractivity contribution in [3.63, 3.8) is 0 Å². The molecular formula is C13H21ClN2O4S2. The van der Waals surface area contributed by atoms with Crippen LogP contribution in [0.2, 0.25) is 0 Å². The molecule has 0 bridgehead atoms. The SMILES string of the molecule is CNCC1CCN(S(=O)(=O)c2ccc(S(C)(=O)=O)cc2)C1.Cl. The van der Waals surface area contributed by atoms with Crippen LogP contribution >= 0.6 is 12.4 Å². The fourth-order valence-corrected chi connectivity index (χ4v) is 4.64. The Bertz CT molecular complexity index is 702. The molecule has 1 aromatic rings. The zero-order valence-electron chi connectivity index (χ0n) is 12.5. The number of benzene rings is 1. The number of nitrogens with zero attached hydrogens (tertiary/aromatic N) is 1. The molecule has 1 N–H and O–H groups in total. The Morgan fingerprint density at radius 2 is 1.68 bits per heavy atom. The van der Waals surface area contributed by atoms with E-state index in [2.05, 4.69) is 5.32 Å². The van der Waals surface area contributed by atoms with Crippen molar-refractivity contribution < 1.29 is 16.8 Å². The van der Waals surface area contributed by atoms with Gasteiger partial charge in [-0.05, 0) is 50.2 Å². The first-order valence-electron chi connectivity index (χ1n) is 6.70. The number of nitrogens with one attached hydrogen (secondary N) is 1. The molecule has 1 aliphatic rings. The van der Waals surface area contributed by atoms with E-state index in [9.17, 15) is 16.8 Å². The van der Waals surface area contributed by atoms with E-state index >= 15 is 0 Å². The number of hydrogen-bond donors (Lipinski definition) is 1. The van der Waals surface area contributed by atoms with Gasteiger partial charge < -0.3 is 5.32 Å². The Kier molecular flexibility index (Phi) is 6.40.